The maximum absolute atomic E-state index is 11.9. The smallest absolute Gasteiger partial charge is 0.258 e. The second kappa shape index (κ2) is 7.42. The van der Waals surface area contributed by atoms with Gasteiger partial charge in [-0.2, -0.15) is 0 Å². The number of thiophene rings is 1. The van der Waals surface area contributed by atoms with E-state index >= 15 is 0 Å². The Labute approximate surface area is 138 Å². The molecule has 2 rings (SSSR count). The molecular formula is C16H16ClNO3S. The van der Waals surface area contributed by atoms with Gasteiger partial charge in [0.25, 0.3) is 5.91 Å². The van der Waals surface area contributed by atoms with Gasteiger partial charge in [-0.05, 0) is 43.5 Å². The van der Waals surface area contributed by atoms with Crippen molar-refractivity contribution in [1.29, 1.82) is 0 Å². The quantitative estimate of drug-likeness (QED) is 0.814. The minimum Gasteiger partial charge on any atom is -0.482 e. The molecule has 0 saturated carbocycles. The van der Waals surface area contributed by atoms with Gasteiger partial charge in [0.1, 0.15) is 5.75 Å². The van der Waals surface area contributed by atoms with Crippen LogP contribution in [0.4, 0.5) is 0 Å². The van der Waals surface area contributed by atoms with Crippen LogP contribution in [0, 0.1) is 0 Å². The standard InChI is InChI=1S/C16H16ClNO3S/c1-10(15-4-3-7-22-15)18-16(20)9-21-14-6-5-12(11(2)19)8-13(14)17/h3-8,10H,9H2,1-2H3,(H,18,20). The van der Waals surface area contributed by atoms with Crippen molar-refractivity contribution < 1.29 is 14.3 Å². The first kappa shape index (κ1) is 16.5. The average molecular weight is 338 g/mol. The number of rotatable bonds is 6. The van der Waals surface area contributed by atoms with Crippen LogP contribution in [0.3, 0.4) is 0 Å². The molecule has 1 aromatic carbocycles. The summed E-state index contributed by atoms with van der Waals surface area (Å²) >= 11 is 7.62. The maximum Gasteiger partial charge on any atom is 0.258 e. The summed E-state index contributed by atoms with van der Waals surface area (Å²) in [5.41, 5.74) is 0.508. The normalized spacial score (nSPS) is 11.8. The molecule has 0 aliphatic rings. The van der Waals surface area contributed by atoms with Crippen LogP contribution in [0.1, 0.15) is 35.1 Å². The Bertz CT molecular complexity index is 670. The SMILES string of the molecule is CC(=O)c1ccc(OCC(=O)NC(C)c2cccs2)c(Cl)c1. The molecule has 0 aliphatic carbocycles. The number of hydrogen-bond donors (Lipinski definition) is 1. The largest absolute Gasteiger partial charge is 0.482 e. The Hall–Kier alpha value is -1.85. The Morgan fingerprint density at radius 2 is 2.14 bits per heavy atom. The number of nitrogens with one attached hydrogen (secondary N) is 1. The van der Waals surface area contributed by atoms with Crippen LogP contribution in [-0.2, 0) is 4.79 Å². The molecule has 0 bridgehead atoms. The molecule has 1 amide bonds. The molecule has 1 atom stereocenters. The number of Topliss-reactive ketones (excluding diaryl/α,β-unsaturated/α-hetero) is 1. The number of amides is 1. The predicted molar refractivity (Wildman–Crippen MR) is 87.8 cm³/mol. The third-order valence-corrected chi connectivity index (χ3v) is 4.40. The highest BCUT2D eigenvalue weighted by atomic mass is 35.5. The summed E-state index contributed by atoms with van der Waals surface area (Å²) in [5, 5.41) is 5.13. The lowest BCUT2D eigenvalue weighted by atomic mass is 10.1. The van der Waals surface area contributed by atoms with Crippen LogP contribution in [0.5, 0.6) is 5.75 Å². The van der Waals surface area contributed by atoms with E-state index in [1.807, 2.05) is 24.4 Å². The van der Waals surface area contributed by atoms with Crippen LogP contribution in [0.25, 0.3) is 0 Å². The number of ether oxygens (including phenoxy) is 1. The number of ketones is 1. The molecule has 0 aliphatic heterocycles. The van der Waals surface area contributed by atoms with E-state index in [0.29, 0.717) is 16.3 Å². The molecule has 0 fully saturated rings. The van der Waals surface area contributed by atoms with Crippen molar-refractivity contribution in [3.05, 3.63) is 51.2 Å². The molecule has 22 heavy (non-hydrogen) atoms. The van der Waals surface area contributed by atoms with Crippen molar-refractivity contribution in [2.45, 2.75) is 19.9 Å². The highest BCUT2D eigenvalue weighted by molar-refractivity contribution is 7.10. The minimum atomic E-state index is -0.229. The molecule has 0 spiro atoms. The van der Waals surface area contributed by atoms with Crippen LogP contribution in [0.15, 0.2) is 35.7 Å². The van der Waals surface area contributed by atoms with Gasteiger partial charge in [0.15, 0.2) is 12.4 Å². The Balaban J connectivity index is 1.90. The summed E-state index contributed by atoms with van der Waals surface area (Å²) in [7, 11) is 0. The second-order valence-corrected chi connectivity index (χ2v) is 6.18. The fraction of sp³-hybridized carbons (Fsp3) is 0.250. The zero-order chi connectivity index (χ0) is 16.1. The summed E-state index contributed by atoms with van der Waals surface area (Å²) in [6.45, 7) is 3.25. The van der Waals surface area contributed by atoms with E-state index in [-0.39, 0.29) is 24.3 Å². The molecule has 1 aromatic heterocycles. The van der Waals surface area contributed by atoms with E-state index in [4.69, 9.17) is 16.3 Å². The average Bonchev–Trinajstić information content (AvgIpc) is 3.00. The zero-order valence-corrected chi connectivity index (χ0v) is 13.8. The summed E-state index contributed by atoms with van der Waals surface area (Å²) in [6.07, 6.45) is 0. The van der Waals surface area contributed by atoms with Crippen LogP contribution in [0.2, 0.25) is 5.02 Å². The zero-order valence-electron chi connectivity index (χ0n) is 12.3. The van der Waals surface area contributed by atoms with Crippen molar-refractivity contribution in [2.75, 3.05) is 6.61 Å². The Morgan fingerprint density at radius 1 is 1.36 bits per heavy atom. The van der Waals surface area contributed by atoms with E-state index in [2.05, 4.69) is 5.32 Å². The number of carbonyl (C=O) groups is 2. The molecular weight excluding hydrogens is 322 g/mol. The fourth-order valence-electron chi connectivity index (χ4n) is 1.87. The number of halogens is 1. The van der Waals surface area contributed by atoms with Crippen LogP contribution < -0.4 is 10.1 Å². The molecule has 0 radical (unpaired) electrons. The van der Waals surface area contributed by atoms with E-state index in [1.54, 1.807) is 23.5 Å². The summed E-state index contributed by atoms with van der Waals surface area (Å²) in [6, 6.07) is 8.59. The number of hydrogen-bond acceptors (Lipinski definition) is 4. The van der Waals surface area contributed by atoms with Crippen molar-refractivity contribution in [1.82, 2.24) is 5.32 Å². The first-order chi connectivity index (χ1) is 10.5. The fourth-order valence-corrected chi connectivity index (χ4v) is 2.84. The monoisotopic (exact) mass is 337 g/mol. The topological polar surface area (TPSA) is 55.4 Å². The number of benzene rings is 1. The van der Waals surface area contributed by atoms with Crippen molar-refractivity contribution in [3.63, 3.8) is 0 Å². The molecule has 1 unspecified atom stereocenters. The predicted octanol–water partition coefficient (Wildman–Crippen LogP) is 3.86. The third-order valence-electron chi connectivity index (χ3n) is 3.04. The second-order valence-electron chi connectivity index (χ2n) is 4.79. The van der Waals surface area contributed by atoms with E-state index in [0.717, 1.165) is 4.88 Å². The Morgan fingerprint density at radius 3 is 2.73 bits per heavy atom. The molecule has 6 heteroatoms. The first-order valence-electron chi connectivity index (χ1n) is 6.73. The van der Waals surface area contributed by atoms with Crippen molar-refractivity contribution in [2.24, 2.45) is 0 Å². The lowest BCUT2D eigenvalue weighted by molar-refractivity contribution is -0.123. The van der Waals surface area contributed by atoms with Gasteiger partial charge in [-0.1, -0.05) is 17.7 Å². The molecule has 4 nitrogen and oxygen atoms in total. The third kappa shape index (κ3) is 4.32. The van der Waals surface area contributed by atoms with Gasteiger partial charge < -0.3 is 10.1 Å². The van der Waals surface area contributed by atoms with Gasteiger partial charge in [-0.15, -0.1) is 11.3 Å². The molecule has 2 aromatic rings. The van der Waals surface area contributed by atoms with Crippen LogP contribution in [-0.4, -0.2) is 18.3 Å². The van der Waals surface area contributed by atoms with E-state index in [9.17, 15) is 9.59 Å². The van der Waals surface area contributed by atoms with Gasteiger partial charge in [0, 0.05) is 10.4 Å². The molecule has 1 N–H and O–H groups in total. The lowest BCUT2D eigenvalue weighted by Gasteiger charge is -2.13. The van der Waals surface area contributed by atoms with E-state index in [1.165, 1.54) is 13.0 Å². The van der Waals surface area contributed by atoms with Crippen molar-refractivity contribution in [3.8, 4) is 5.75 Å². The van der Waals surface area contributed by atoms with Gasteiger partial charge in [-0.25, -0.2) is 0 Å². The highest BCUT2D eigenvalue weighted by Crippen LogP contribution is 2.25. The van der Waals surface area contributed by atoms with Gasteiger partial charge in [-0.3, -0.25) is 9.59 Å². The first-order valence-corrected chi connectivity index (χ1v) is 7.99. The van der Waals surface area contributed by atoms with Crippen LogP contribution >= 0.6 is 22.9 Å². The van der Waals surface area contributed by atoms with Gasteiger partial charge >= 0.3 is 0 Å². The lowest BCUT2D eigenvalue weighted by Crippen LogP contribution is -2.30. The summed E-state index contributed by atoms with van der Waals surface area (Å²) in [5.74, 6) is 0.0779. The van der Waals surface area contributed by atoms with Crippen molar-refractivity contribution >= 4 is 34.6 Å². The minimum absolute atomic E-state index is 0.0633. The summed E-state index contributed by atoms with van der Waals surface area (Å²) in [4.78, 5) is 24.2. The Kier molecular flexibility index (Phi) is 5.57. The summed E-state index contributed by atoms with van der Waals surface area (Å²) < 4.78 is 5.40. The molecule has 0 saturated heterocycles. The van der Waals surface area contributed by atoms with Gasteiger partial charge in [0.2, 0.25) is 0 Å². The molecule has 116 valence electrons. The van der Waals surface area contributed by atoms with Gasteiger partial charge in [0.05, 0.1) is 11.1 Å². The highest BCUT2D eigenvalue weighted by Gasteiger charge is 2.12. The number of carbonyl (C=O) groups excluding carboxylic acids is 2. The maximum atomic E-state index is 11.9. The van der Waals surface area contributed by atoms with E-state index < -0.39 is 0 Å². The molecule has 1 heterocycles.